The lowest BCUT2D eigenvalue weighted by atomic mass is 10.2. The molecule has 0 radical (unpaired) electrons. The Morgan fingerprint density at radius 3 is 3.00 bits per heavy atom. The smallest absolute Gasteiger partial charge is 0.224 e. The number of nitrogens with zero attached hydrogens (tertiary/aromatic N) is 1. The molecule has 21 heavy (non-hydrogen) atoms. The zero-order valence-corrected chi connectivity index (χ0v) is 12.1. The van der Waals surface area contributed by atoms with Gasteiger partial charge in [-0.3, -0.25) is 9.78 Å². The van der Waals surface area contributed by atoms with Gasteiger partial charge in [-0.1, -0.05) is 0 Å². The van der Waals surface area contributed by atoms with E-state index in [2.05, 4.69) is 10.3 Å². The van der Waals surface area contributed by atoms with Crippen LogP contribution in [0.3, 0.4) is 0 Å². The van der Waals surface area contributed by atoms with Crippen LogP contribution in [-0.4, -0.2) is 10.9 Å². The summed E-state index contributed by atoms with van der Waals surface area (Å²) in [5, 5.41) is 6.88. The molecular formula is C16H14N2O2S. The summed E-state index contributed by atoms with van der Waals surface area (Å²) in [6, 6.07) is 9.46. The van der Waals surface area contributed by atoms with Crippen molar-refractivity contribution in [3.63, 3.8) is 0 Å². The van der Waals surface area contributed by atoms with Gasteiger partial charge in [0.1, 0.15) is 5.69 Å². The minimum absolute atomic E-state index is 0.0183. The molecule has 3 heterocycles. The first-order valence-corrected chi connectivity index (χ1v) is 7.52. The van der Waals surface area contributed by atoms with Gasteiger partial charge < -0.3 is 9.73 Å². The van der Waals surface area contributed by atoms with E-state index in [9.17, 15) is 4.79 Å². The Labute approximate surface area is 126 Å². The second-order valence-electron chi connectivity index (χ2n) is 4.61. The fraction of sp³-hybridized carbons (Fsp3) is 0.125. The number of amides is 1. The molecular weight excluding hydrogens is 284 g/mol. The van der Waals surface area contributed by atoms with Gasteiger partial charge in [0.05, 0.1) is 12.7 Å². The molecule has 0 aromatic carbocycles. The zero-order valence-electron chi connectivity index (χ0n) is 11.3. The average molecular weight is 298 g/mol. The van der Waals surface area contributed by atoms with Gasteiger partial charge in [-0.25, -0.2) is 0 Å². The maximum Gasteiger partial charge on any atom is 0.224 e. The van der Waals surface area contributed by atoms with Gasteiger partial charge in [-0.05, 0) is 52.2 Å². The van der Waals surface area contributed by atoms with Crippen LogP contribution in [-0.2, 0) is 17.8 Å². The molecule has 1 N–H and O–H groups in total. The lowest BCUT2D eigenvalue weighted by molar-refractivity contribution is -0.120. The molecule has 0 atom stereocenters. The Hall–Kier alpha value is -2.40. The quantitative estimate of drug-likeness (QED) is 0.786. The Kier molecular flexibility index (Phi) is 4.12. The summed E-state index contributed by atoms with van der Waals surface area (Å²) in [6.45, 7) is 0.485. The molecule has 0 unspecified atom stereocenters. The highest BCUT2D eigenvalue weighted by molar-refractivity contribution is 7.07. The predicted molar refractivity (Wildman–Crippen MR) is 81.8 cm³/mol. The molecule has 0 spiro atoms. The van der Waals surface area contributed by atoms with Crippen LogP contribution in [0.25, 0.3) is 11.5 Å². The maximum atomic E-state index is 11.9. The fourth-order valence-electron chi connectivity index (χ4n) is 1.99. The number of pyridine rings is 1. The molecule has 3 rings (SSSR count). The first-order valence-electron chi connectivity index (χ1n) is 6.58. The van der Waals surface area contributed by atoms with Crippen molar-refractivity contribution in [1.29, 1.82) is 0 Å². The molecule has 0 fully saturated rings. The molecule has 5 heteroatoms. The van der Waals surface area contributed by atoms with Gasteiger partial charge >= 0.3 is 0 Å². The molecule has 0 saturated heterocycles. The highest BCUT2D eigenvalue weighted by Crippen LogP contribution is 2.18. The lowest BCUT2D eigenvalue weighted by Crippen LogP contribution is -2.24. The molecule has 3 aromatic rings. The number of hydrogen-bond donors (Lipinski definition) is 1. The Balaban J connectivity index is 1.60. The fourth-order valence-corrected chi connectivity index (χ4v) is 2.65. The second kappa shape index (κ2) is 6.37. The van der Waals surface area contributed by atoms with Gasteiger partial charge in [0, 0.05) is 12.7 Å². The van der Waals surface area contributed by atoms with Crippen molar-refractivity contribution >= 4 is 17.2 Å². The Morgan fingerprint density at radius 1 is 1.29 bits per heavy atom. The van der Waals surface area contributed by atoms with E-state index in [1.54, 1.807) is 23.8 Å². The molecule has 106 valence electrons. The van der Waals surface area contributed by atoms with Gasteiger partial charge in [-0.2, -0.15) is 11.3 Å². The zero-order chi connectivity index (χ0) is 14.5. The van der Waals surface area contributed by atoms with Gasteiger partial charge in [0.2, 0.25) is 5.91 Å². The number of aromatic nitrogens is 1. The van der Waals surface area contributed by atoms with Crippen molar-refractivity contribution < 1.29 is 9.21 Å². The van der Waals surface area contributed by atoms with Crippen LogP contribution < -0.4 is 5.32 Å². The highest BCUT2D eigenvalue weighted by atomic mass is 32.1. The molecule has 0 bridgehead atoms. The summed E-state index contributed by atoms with van der Waals surface area (Å²) < 4.78 is 5.32. The van der Waals surface area contributed by atoms with Gasteiger partial charge in [0.25, 0.3) is 0 Å². The van der Waals surface area contributed by atoms with Gasteiger partial charge in [0.15, 0.2) is 5.76 Å². The number of carbonyl (C=O) groups is 1. The molecule has 4 nitrogen and oxygen atoms in total. The number of hydrogen-bond acceptors (Lipinski definition) is 4. The number of nitrogens with one attached hydrogen (secondary N) is 1. The van der Waals surface area contributed by atoms with Crippen molar-refractivity contribution in [3.8, 4) is 11.5 Å². The third kappa shape index (κ3) is 3.58. The lowest BCUT2D eigenvalue weighted by Gasteiger charge is -2.05. The first kappa shape index (κ1) is 13.6. The van der Waals surface area contributed by atoms with Crippen LogP contribution in [0.1, 0.15) is 11.1 Å². The van der Waals surface area contributed by atoms with Crippen LogP contribution in [0.2, 0.25) is 0 Å². The number of carbonyl (C=O) groups excluding carboxylic acids is 1. The topological polar surface area (TPSA) is 55.1 Å². The van der Waals surface area contributed by atoms with Crippen molar-refractivity contribution in [2.45, 2.75) is 13.0 Å². The van der Waals surface area contributed by atoms with E-state index in [1.807, 2.05) is 41.1 Å². The van der Waals surface area contributed by atoms with E-state index in [4.69, 9.17) is 4.42 Å². The molecule has 0 saturated carbocycles. The summed E-state index contributed by atoms with van der Waals surface area (Å²) in [7, 11) is 0. The minimum atomic E-state index is 0.0183. The van der Waals surface area contributed by atoms with Crippen LogP contribution in [0.5, 0.6) is 0 Å². The van der Waals surface area contributed by atoms with Crippen LogP contribution >= 0.6 is 11.3 Å². The third-order valence-corrected chi connectivity index (χ3v) is 3.76. The summed E-state index contributed by atoms with van der Waals surface area (Å²) in [6.07, 6.45) is 3.75. The monoisotopic (exact) mass is 298 g/mol. The summed E-state index contributed by atoms with van der Waals surface area (Å²) in [5.41, 5.74) is 2.81. The van der Waals surface area contributed by atoms with Crippen LogP contribution in [0.4, 0.5) is 0 Å². The van der Waals surface area contributed by atoms with Crippen LogP contribution in [0.15, 0.2) is 58.0 Å². The molecule has 0 aliphatic carbocycles. The van der Waals surface area contributed by atoms with Crippen molar-refractivity contribution in [1.82, 2.24) is 10.3 Å². The Bertz CT molecular complexity index is 706. The number of furan rings is 1. The third-order valence-electron chi connectivity index (χ3n) is 3.03. The largest absolute Gasteiger partial charge is 0.463 e. The standard InChI is InChI=1S/C16H14N2O2S/c19-16(9-13-4-7-21-11-13)18-10-12-3-5-17-14(8-12)15-2-1-6-20-15/h1-8,11H,9-10H2,(H,18,19). The predicted octanol–water partition coefficient (Wildman–Crippen LogP) is 3.26. The van der Waals surface area contributed by atoms with Crippen LogP contribution in [0, 0.1) is 0 Å². The molecule has 1 amide bonds. The number of thiophene rings is 1. The highest BCUT2D eigenvalue weighted by Gasteiger charge is 2.06. The summed E-state index contributed by atoms with van der Waals surface area (Å²) >= 11 is 1.60. The van der Waals surface area contributed by atoms with E-state index in [-0.39, 0.29) is 5.91 Å². The van der Waals surface area contributed by atoms with Gasteiger partial charge in [-0.15, -0.1) is 0 Å². The SMILES string of the molecule is O=C(Cc1ccsc1)NCc1ccnc(-c2ccco2)c1. The maximum absolute atomic E-state index is 11.9. The first-order chi connectivity index (χ1) is 10.3. The summed E-state index contributed by atoms with van der Waals surface area (Å²) in [4.78, 5) is 16.1. The average Bonchev–Trinajstić information content (AvgIpc) is 3.19. The second-order valence-corrected chi connectivity index (χ2v) is 5.39. The van der Waals surface area contributed by atoms with E-state index in [0.717, 1.165) is 22.6 Å². The molecule has 0 aliphatic heterocycles. The summed E-state index contributed by atoms with van der Waals surface area (Å²) in [5.74, 6) is 0.742. The minimum Gasteiger partial charge on any atom is -0.463 e. The van der Waals surface area contributed by atoms with E-state index in [0.29, 0.717) is 13.0 Å². The number of rotatable bonds is 5. The van der Waals surface area contributed by atoms with E-state index < -0.39 is 0 Å². The van der Waals surface area contributed by atoms with Crippen molar-refractivity contribution in [2.24, 2.45) is 0 Å². The van der Waals surface area contributed by atoms with Crippen molar-refractivity contribution in [2.75, 3.05) is 0 Å². The Morgan fingerprint density at radius 2 is 2.24 bits per heavy atom. The normalized spacial score (nSPS) is 10.5. The van der Waals surface area contributed by atoms with E-state index >= 15 is 0 Å². The molecule has 0 aliphatic rings. The molecule has 3 aromatic heterocycles. The van der Waals surface area contributed by atoms with E-state index in [1.165, 1.54) is 0 Å². The van der Waals surface area contributed by atoms with Crippen molar-refractivity contribution in [3.05, 3.63) is 64.7 Å².